The number of para-hydroxylation sites is 1. The van der Waals surface area contributed by atoms with Crippen molar-refractivity contribution in [2.24, 2.45) is 5.73 Å². The van der Waals surface area contributed by atoms with E-state index in [0.717, 1.165) is 22.9 Å². The fourth-order valence-electron chi connectivity index (χ4n) is 3.97. The van der Waals surface area contributed by atoms with E-state index < -0.39 is 54.3 Å². The van der Waals surface area contributed by atoms with E-state index >= 15 is 0 Å². The number of carbonyl (C=O) groups excluding carboxylic acids is 4. The van der Waals surface area contributed by atoms with E-state index in [1.54, 1.807) is 6.20 Å². The molecule has 12 heteroatoms. The Morgan fingerprint density at radius 3 is 2.46 bits per heavy atom. The number of carbonyl (C=O) groups is 5. The van der Waals surface area contributed by atoms with Gasteiger partial charge in [-0.2, -0.15) is 0 Å². The molecule has 1 aromatic carbocycles. The Morgan fingerprint density at radius 1 is 1.09 bits per heavy atom. The number of carboxylic acids is 1. The first kappa shape index (κ1) is 25.7. The number of hydrogen-bond acceptors (Lipinski definition) is 6. The summed E-state index contributed by atoms with van der Waals surface area (Å²) < 4.78 is 0. The number of aromatic nitrogens is 1. The van der Waals surface area contributed by atoms with Crippen LogP contribution in [0, 0.1) is 0 Å². The van der Waals surface area contributed by atoms with Gasteiger partial charge >= 0.3 is 5.97 Å². The molecule has 0 radical (unpaired) electrons. The lowest BCUT2D eigenvalue weighted by molar-refractivity contribution is -0.142. The average Bonchev–Trinajstić information content (AvgIpc) is 3.48. The first-order valence-electron chi connectivity index (χ1n) is 11.4. The van der Waals surface area contributed by atoms with Crippen LogP contribution < -0.4 is 27.0 Å². The van der Waals surface area contributed by atoms with Gasteiger partial charge in [-0.3, -0.25) is 24.0 Å². The van der Waals surface area contributed by atoms with Crippen molar-refractivity contribution in [3.05, 3.63) is 36.0 Å². The maximum Gasteiger partial charge on any atom is 0.325 e. The molecule has 0 saturated carbocycles. The lowest BCUT2D eigenvalue weighted by atomic mass is 10.0. The second-order valence-corrected chi connectivity index (χ2v) is 8.57. The summed E-state index contributed by atoms with van der Waals surface area (Å²) >= 11 is 0. The van der Waals surface area contributed by atoms with E-state index in [-0.39, 0.29) is 12.3 Å². The fourth-order valence-corrected chi connectivity index (χ4v) is 3.97. The van der Waals surface area contributed by atoms with E-state index in [1.165, 1.54) is 6.92 Å². The van der Waals surface area contributed by atoms with Crippen LogP contribution in [-0.4, -0.2) is 70.4 Å². The molecule has 4 unspecified atom stereocenters. The molecule has 1 fully saturated rings. The number of primary amides is 1. The van der Waals surface area contributed by atoms with E-state index in [9.17, 15) is 24.0 Å². The van der Waals surface area contributed by atoms with Gasteiger partial charge in [0.15, 0.2) is 0 Å². The van der Waals surface area contributed by atoms with Crippen LogP contribution >= 0.6 is 0 Å². The molecule has 8 N–H and O–H groups in total. The SMILES string of the molecule is CC(NC(=O)C(CC(N)=O)NC(=O)C(Cc1c[nH]c2ccccc12)NC(=O)C1CCCN1)C(=O)O. The summed E-state index contributed by atoms with van der Waals surface area (Å²) in [6.07, 6.45) is 2.78. The highest BCUT2D eigenvalue weighted by atomic mass is 16.4. The maximum absolute atomic E-state index is 13.3. The third-order valence-corrected chi connectivity index (χ3v) is 5.88. The maximum atomic E-state index is 13.3. The number of hydrogen-bond donors (Lipinski definition) is 7. The number of carboxylic acid groups (broad SMARTS) is 1. The van der Waals surface area contributed by atoms with Gasteiger partial charge in [-0.1, -0.05) is 18.2 Å². The van der Waals surface area contributed by atoms with Crippen LogP contribution in [0.15, 0.2) is 30.5 Å². The number of nitrogens with two attached hydrogens (primary N) is 1. The van der Waals surface area contributed by atoms with Crippen LogP contribution in [0.25, 0.3) is 10.9 Å². The van der Waals surface area contributed by atoms with Gasteiger partial charge in [-0.05, 0) is 37.9 Å². The average molecular weight is 487 g/mol. The van der Waals surface area contributed by atoms with Gasteiger partial charge < -0.3 is 37.1 Å². The molecule has 4 amide bonds. The highest BCUT2D eigenvalue weighted by Gasteiger charge is 2.32. The number of H-pyrrole nitrogens is 1. The molecule has 0 aliphatic carbocycles. The molecule has 188 valence electrons. The molecular formula is C23H30N6O6. The molecule has 0 spiro atoms. The van der Waals surface area contributed by atoms with Crippen molar-refractivity contribution in [1.29, 1.82) is 0 Å². The third-order valence-electron chi connectivity index (χ3n) is 5.88. The van der Waals surface area contributed by atoms with Crippen LogP contribution in [0.1, 0.15) is 31.7 Å². The minimum absolute atomic E-state index is 0.116. The molecule has 2 aromatic rings. The number of benzene rings is 1. The van der Waals surface area contributed by atoms with Gasteiger partial charge in [-0.15, -0.1) is 0 Å². The summed E-state index contributed by atoms with van der Waals surface area (Å²) in [7, 11) is 0. The van der Waals surface area contributed by atoms with Gasteiger partial charge in [0.05, 0.1) is 12.5 Å². The zero-order valence-electron chi connectivity index (χ0n) is 19.3. The van der Waals surface area contributed by atoms with Gasteiger partial charge in [0.25, 0.3) is 0 Å². The van der Waals surface area contributed by atoms with Crippen molar-refractivity contribution in [1.82, 2.24) is 26.3 Å². The van der Waals surface area contributed by atoms with E-state index in [4.69, 9.17) is 10.8 Å². The third kappa shape index (κ3) is 6.79. The Morgan fingerprint density at radius 2 is 1.80 bits per heavy atom. The van der Waals surface area contributed by atoms with Crippen LogP contribution in [0.4, 0.5) is 0 Å². The van der Waals surface area contributed by atoms with E-state index in [2.05, 4.69) is 26.3 Å². The Labute approximate surface area is 201 Å². The molecule has 4 atom stereocenters. The van der Waals surface area contributed by atoms with Gasteiger partial charge in [0.1, 0.15) is 18.1 Å². The van der Waals surface area contributed by atoms with Crippen LogP contribution in [-0.2, 0) is 30.4 Å². The summed E-state index contributed by atoms with van der Waals surface area (Å²) in [6.45, 7) is 1.94. The predicted octanol–water partition coefficient (Wildman–Crippen LogP) is -1.10. The van der Waals surface area contributed by atoms with Crippen molar-refractivity contribution in [3.63, 3.8) is 0 Å². The molecule has 1 saturated heterocycles. The van der Waals surface area contributed by atoms with E-state index in [0.29, 0.717) is 13.0 Å². The van der Waals surface area contributed by atoms with Gasteiger partial charge in [0, 0.05) is 23.5 Å². The quantitative estimate of drug-likeness (QED) is 0.209. The van der Waals surface area contributed by atoms with Crippen LogP contribution in [0.5, 0.6) is 0 Å². The normalized spacial score (nSPS) is 17.8. The van der Waals surface area contributed by atoms with Crippen LogP contribution in [0.2, 0.25) is 0 Å². The molecule has 2 heterocycles. The molecule has 1 aliphatic rings. The lowest BCUT2D eigenvalue weighted by Gasteiger charge is -2.24. The smallest absolute Gasteiger partial charge is 0.325 e. The number of aliphatic carboxylic acids is 1. The summed E-state index contributed by atoms with van der Waals surface area (Å²) in [6, 6.07) is 3.33. The topological polar surface area (TPSA) is 196 Å². The predicted molar refractivity (Wildman–Crippen MR) is 126 cm³/mol. The lowest BCUT2D eigenvalue weighted by Crippen LogP contribution is -2.58. The van der Waals surface area contributed by atoms with Crippen molar-refractivity contribution in [2.45, 2.75) is 56.8 Å². The largest absolute Gasteiger partial charge is 0.480 e. The summed E-state index contributed by atoms with van der Waals surface area (Å²) in [5.74, 6) is -4.07. The molecule has 35 heavy (non-hydrogen) atoms. The van der Waals surface area contributed by atoms with Crippen molar-refractivity contribution in [2.75, 3.05) is 6.54 Å². The molecule has 0 bridgehead atoms. The monoisotopic (exact) mass is 486 g/mol. The second-order valence-electron chi connectivity index (χ2n) is 8.57. The summed E-state index contributed by atoms with van der Waals surface area (Å²) in [4.78, 5) is 64.4. The molecule has 3 rings (SSSR count). The van der Waals surface area contributed by atoms with Crippen molar-refractivity contribution < 1.29 is 29.1 Å². The summed E-state index contributed by atoms with van der Waals surface area (Å²) in [5, 5.41) is 20.4. The highest BCUT2D eigenvalue weighted by molar-refractivity contribution is 5.96. The van der Waals surface area contributed by atoms with Crippen molar-refractivity contribution in [3.8, 4) is 0 Å². The Kier molecular flexibility index (Phi) is 8.42. The zero-order chi connectivity index (χ0) is 25.5. The van der Waals surface area contributed by atoms with Gasteiger partial charge in [-0.25, -0.2) is 0 Å². The molecule has 1 aromatic heterocycles. The Balaban J connectivity index is 1.81. The molecule has 12 nitrogen and oxygen atoms in total. The Bertz CT molecular complexity index is 1110. The number of nitrogens with one attached hydrogen (secondary N) is 5. The Hall–Kier alpha value is -3.93. The first-order chi connectivity index (χ1) is 16.7. The van der Waals surface area contributed by atoms with Crippen molar-refractivity contribution >= 4 is 40.5 Å². The number of fused-ring (bicyclic) bond motifs is 1. The highest BCUT2D eigenvalue weighted by Crippen LogP contribution is 2.19. The zero-order valence-corrected chi connectivity index (χ0v) is 19.3. The van der Waals surface area contributed by atoms with Crippen LogP contribution in [0.3, 0.4) is 0 Å². The first-order valence-corrected chi connectivity index (χ1v) is 11.4. The minimum Gasteiger partial charge on any atom is -0.480 e. The van der Waals surface area contributed by atoms with Gasteiger partial charge in [0.2, 0.25) is 23.6 Å². The molecular weight excluding hydrogens is 456 g/mol. The second kappa shape index (κ2) is 11.5. The fraction of sp³-hybridized carbons (Fsp3) is 0.435. The van der Waals surface area contributed by atoms with E-state index in [1.807, 2.05) is 24.3 Å². The number of amides is 4. The molecule has 1 aliphatic heterocycles. The number of aromatic amines is 1. The standard InChI is InChI=1S/C23H30N6O6/c1-12(23(34)35)27-21(32)18(10-19(24)30)29-22(33)17(28-20(31)16-7-4-8-25-16)9-13-11-26-15-6-3-2-5-14(13)15/h2-3,5-6,11-12,16-18,25-26H,4,7-10H2,1H3,(H2,24,30)(H,27,32)(H,28,31)(H,29,33)(H,34,35). The number of rotatable bonds is 11. The minimum atomic E-state index is -1.41. The summed E-state index contributed by atoms with van der Waals surface area (Å²) in [5.41, 5.74) is 6.87.